The first kappa shape index (κ1) is 12.7. The summed E-state index contributed by atoms with van der Waals surface area (Å²) in [7, 11) is 0. The third-order valence-electron chi connectivity index (χ3n) is 3.90. The Kier molecular flexibility index (Phi) is 3.59. The molecular weight excluding hydrogens is 242 g/mol. The molecule has 104 valence electrons. The topological polar surface area (TPSA) is 68.5 Å². The molecule has 3 rings (SSSR count). The highest BCUT2D eigenvalue weighted by Crippen LogP contribution is 2.36. The Morgan fingerprint density at radius 3 is 2.79 bits per heavy atom. The van der Waals surface area contributed by atoms with Gasteiger partial charge in [0.05, 0.1) is 0 Å². The minimum Gasteiger partial charge on any atom is -0.486 e. The van der Waals surface area contributed by atoms with Crippen LogP contribution < -0.4 is 26.1 Å². The fraction of sp³-hybridized carbons (Fsp3) is 0.571. The van der Waals surface area contributed by atoms with Gasteiger partial charge in [0.15, 0.2) is 11.5 Å². The van der Waals surface area contributed by atoms with Gasteiger partial charge in [-0.1, -0.05) is 6.07 Å². The first-order chi connectivity index (χ1) is 9.29. The quantitative estimate of drug-likeness (QED) is 0.751. The van der Waals surface area contributed by atoms with E-state index in [9.17, 15) is 0 Å². The van der Waals surface area contributed by atoms with Gasteiger partial charge in [0.2, 0.25) is 0 Å². The number of benzene rings is 1. The Balaban J connectivity index is 1.87. The zero-order chi connectivity index (χ0) is 13.2. The second-order valence-corrected chi connectivity index (χ2v) is 5.19. The average molecular weight is 263 g/mol. The summed E-state index contributed by atoms with van der Waals surface area (Å²) < 4.78 is 11.2. The monoisotopic (exact) mass is 263 g/mol. The van der Waals surface area contributed by atoms with Crippen molar-refractivity contribution >= 4 is 0 Å². The average Bonchev–Trinajstić information content (AvgIpc) is 2.80. The van der Waals surface area contributed by atoms with E-state index in [1.54, 1.807) is 0 Å². The third-order valence-corrected chi connectivity index (χ3v) is 3.90. The normalized spacial score (nSPS) is 29.5. The molecule has 0 spiro atoms. The SMILES string of the molecule is CC1NNC(CCN)C1c1ccc2c(c1)OCCO2. The van der Waals surface area contributed by atoms with E-state index in [-0.39, 0.29) is 0 Å². The van der Waals surface area contributed by atoms with Crippen molar-refractivity contribution in [3.63, 3.8) is 0 Å². The summed E-state index contributed by atoms with van der Waals surface area (Å²) in [6, 6.07) is 6.98. The maximum atomic E-state index is 5.69. The molecule has 0 saturated carbocycles. The molecule has 2 aliphatic heterocycles. The minimum atomic E-state index is 0.363. The number of hydrogen-bond donors (Lipinski definition) is 3. The van der Waals surface area contributed by atoms with Crippen LogP contribution in [0.5, 0.6) is 11.5 Å². The number of hydrazine groups is 1. The lowest BCUT2D eigenvalue weighted by atomic mass is 9.86. The van der Waals surface area contributed by atoms with Crippen LogP contribution in [0.4, 0.5) is 0 Å². The fourth-order valence-corrected chi connectivity index (χ4v) is 2.99. The number of ether oxygens (including phenoxy) is 2. The summed E-state index contributed by atoms with van der Waals surface area (Å²) in [6.45, 7) is 4.13. The highest BCUT2D eigenvalue weighted by molar-refractivity contribution is 5.45. The molecule has 2 heterocycles. The molecule has 0 aliphatic carbocycles. The van der Waals surface area contributed by atoms with Crippen LogP contribution in [0.25, 0.3) is 0 Å². The molecule has 5 heteroatoms. The van der Waals surface area contributed by atoms with Crippen LogP contribution in [0.2, 0.25) is 0 Å². The van der Waals surface area contributed by atoms with Gasteiger partial charge in [0.1, 0.15) is 13.2 Å². The molecule has 3 atom stereocenters. The molecule has 0 radical (unpaired) electrons. The van der Waals surface area contributed by atoms with Crippen LogP contribution >= 0.6 is 0 Å². The van der Waals surface area contributed by atoms with Crippen molar-refractivity contribution in [3.8, 4) is 11.5 Å². The van der Waals surface area contributed by atoms with E-state index >= 15 is 0 Å². The highest BCUT2D eigenvalue weighted by atomic mass is 16.6. The Bertz CT molecular complexity index is 450. The number of rotatable bonds is 3. The van der Waals surface area contributed by atoms with E-state index in [2.05, 4.69) is 29.9 Å². The summed E-state index contributed by atoms with van der Waals surface area (Å²) in [5, 5.41) is 0. The van der Waals surface area contributed by atoms with E-state index in [4.69, 9.17) is 15.2 Å². The van der Waals surface area contributed by atoms with Crippen LogP contribution in [0.3, 0.4) is 0 Å². The molecule has 0 bridgehead atoms. The van der Waals surface area contributed by atoms with Crippen LogP contribution in [-0.2, 0) is 0 Å². The molecule has 3 unspecified atom stereocenters. The van der Waals surface area contributed by atoms with E-state index in [0.29, 0.717) is 37.8 Å². The second-order valence-electron chi connectivity index (χ2n) is 5.19. The molecule has 4 N–H and O–H groups in total. The summed E-state index contributed by atoms with van der Waals surface area (Å²) in [4.78, 5) is 0. The Labute approximate surface area is 113 Å². The van der Waals surface area contributed by atoms with Crippen molar-refractivity contribution < 1.29 is 9.47 Å². The number of hydrogen-bond acceptors (Lipinski definition) is 5. The van der Waals surface area contributed by atoms with E-state index in [1.165, 1.54) is 5.56 Å². The predicted octanol–water partition coefficient (Wildman–Crippen LogP) is 0.755. The van der Waals surface area contributed by atoms with Gasteiger partial charge >= 0.3 is 0 Å². The number of nitrogens with two attached hydrogens (primary N) is 1. The third kappa shape index (κ3) is 2.41. The fourth-order valence-electron chi connectivity index (χ4n) is 2.99. The van der Waals surface area contributed by atoms with Crippen molar-refractivity contribution in [2.24, 2.45) is 5.73 Å². The van der Waals surface area contributed by atoms with E-state index in [0.717, 1.165) is 17.9 Å². The molecule has 0 amide bonds. The van der Waals surface area contributed by atoms with Crippen LogP contribution in [0.15, 0.2) is 18.2 Å². The molecule has 1 aromatic carbocycles. The highest BCUT2D eigenvalue weighted by Gasteiger charge is 2.34. The first-order valence-corrected chi connectivity index (χ1v) is 6.90. The summed E-state index contributed by atoms with van der Waals surface area (Å²) in [5.74, 6) is 2.10. The number of fused-ring (bicyclic) bond motifs is 1. The molecular formula is C14H21N3O2. The Morgan fingerprint density at radius 2 is 2.00 bits per heavy atom. The smallest absolute Gasteiger partial charge is 0.161 e. The summed E-state index contributed by atoms with van der Waals surface area (Å²) in [5.41, 5.74) is 13.6. The largest absolute Gasteiger partial charge is 0.486 e. The van der Waals surface area contributed by atoms with Gasteiger partial charge in [-0.25, -0.2) is 0 Å². The van der Waals surface area contributed by atoms with Crippen molar-refractivity contribution in [1.82, 2.24) is 10.9 Å². The van der Waals surface area contributed by atoms with Gasteiger partial charge in [-0.3, -0.25) is 10.9 Å². The van der Waals surface area contributed by atoms with Crippen molar-refractivity contribution in [2.75, 3.05) is 19.8 Å². The zero-order valence-corrected chi connectivity index (χ0v) is 11.2. The standard InChI is InChI=1S/C14H21N3O2/c1-9-14(11(4-5-15)17-16-9)10-2-3-12-13(8-10)19-7-6-18-12/h2-3,8-9,11,14,16-17H,4-7,15H2,1H3. The lowest BCUT2D eigenvalue weighted by molar-refractivity contribution is 0.171. The molecule has 19 heavy (non-hydrogen) atoms. The van der Waals surface area contributed by atoms with Crippen molar-refractivity contribution in [1.29, 1.82) is 0 Å². The Morgan fingerprint density at radius 1 is 1.21 bits per heavy atom. The lowest BCUT2D eigenvalue weighted by Crippen LogP contribution is -2.33. The molecule has 0 aromatic heterocycles. The maximum absolute atomic E-state index is 5.69. The molecule has 1 fully saturated rings. The minimum absolute atomic E-state index is 0.363. The van der Waals surface area contributed by atoms with E-state index < -0.39 is 0 Å². The second kappa shape index (κ2) is 5.36. The molecule has 1 aromatic rings. The van der Waals surface area contributed by atoms with Gasteiger partial charge in [0, 0.05) is 18.0 Å². The number of nitrogens with one attached hydrogen (secondary N) is 2. The van der Waals surface area contributed by atoms with Gasteiger partial charge in [-0.2, -0.15) is 0 Å². The van der Waals surface area contributed by atoms with Crippen molar-refractivity contribution in [3.05, 3.63) is 23.8 Å². The van der Waals surface area contributed by atoms with Crippen LogP contribution in [0, 0.1) is 0 Å². The Hall–Kier alpha value is -1.30. The summed E-state index contributed by atoms with van der Waals surface area (Å²) in [6.07, 6.45) is 0.955. The van der Waals surface area contributed by atoms with Crippen LogP contribution in [0.1, 0.15) is 24.8 Å². The molecule has 1 saturated heterocycles. The summed E-state index contributed by atoms with van der Waals surface area (Å²) >= 11 is 0. The predicted molar refractivity (Wildman–Crippen MR) is 73.4 cm³/mol. The molecule has 2 aliphatic rings. The van der Waals surface area contributed by atoms with E-state index in [1.807, 2.05) is 6.07 Å². The van der Waals surface area contributed by atoms with Crippen LogP contribution in [-0.4, -0.2) is 31.8 Å². The van der Waals surface area contributed by atoms with Gasteiger partial charge in [-0.15, -0.1) is 0 Å². The van der Waals surface area contributed by atoms with Gasteiger partial charge in [0.25, 0.3) is 0 Å². The lowest BCUT2D eigenvalue weighted by Gasteiger charge is -2.24. The first-order valence-electron chi connectivity index (χ1n) is 6.90. The molecule has 5 nitrogen and oxygen atoms in total. The van der Waals surface area contributed by atoms with Crippen molar-refractivity contribution in [2.45, 2.75) is 31.3 Å². The maximum Gasteiger partial charge on any atom is 0.161 e. The zero-order valence-electron chi connectivity index (χ0n) is 11.2. The van der Waals surface area contributed by atoms with Gasteiger partial charge < -0.3 is 15.2 Å². The van der Waals surface area contributed by atoms with Gasteiger partial charge in [-0.05, 0) is 37.6 Å².